The fourth-order valence-corrected chi connectivity index (χ4v) is 4.74. The summed E-state index contributed by atoms with van der Waals surface area (Å²) in [6.45, 7) is 9.69. The first-order chi connectivity index (χ1) is 16.5. The van der Waals surface area contributed by atoms with E-state index in [-0.39, 0.29) is 0 Å². The van der Waals surface area contributed by atoms with Crippen molar-refractivity contribution in [2.75, 3.05) is 38.2 Å². The molecule has 2 heterocycles. The third kappa shape index (κ3) is 7.18. The summed E-state index contributed by atoms with van der Waals surface area (Å²) in [7, 11) is 1.69. The summed E-state index contributed by atoms with van der Waals surface area (Å²) >= 11 is 0. The van der Waals surface area contributed by atoms with Crippen molar-refractivity contribution in [3.63, 3.8) is 0 Å². The molecule has 0 aliphatic carbocycles. The van der Waals surface area contributed by atoms with E-state index in [1.54, 1.807) is 7.11 Å². The van der Waals surface area contributed by atoms with E-state index in [4.69, 9.17) is 14.7 Å². The number of nitrogens with zero attached hydrogens (tertiary/aromatic N) is 4. The maximum atomic E-state index is 12.8. The molecule has 1 amide bonds. The van der Waals surface area contributed by atoms with Crippen molar-refractivity contribution in [2.24, 2.45) is 0 Å². The topological polar surface area (TPSA) is 58.6 Å². The Morgan fingerprint density at radius 2 is 1.74 bits per heavy atom. The van der Waals surface area contributed by atoms with Crippen LogP contribution in [0.4, 0.5) is 5.82 Å². The minimum atomic E-state index is 0.310. The molecule has 3 rings (SSSR count). The summed E-state index contributed by atoms with van der Waals surface area (Å²) in [5.74, 6) is 3.02. The predicted molar refractivity (Wildman–Crippen MR) is 139 cm³/mol. The van der Waals surface area contributed by atoms with Crippen LogP contribution in [-0.4, -0.2) is 54.1 Å². The van der Waals surface area contributed by atoms with Gasteiger partial charge in [0.2, 0.25) is 5.91 Å². The lowest BCUT2D eigenvalue weighted by Crippen LogP contribution is -2.35. The molecule has 0 atom stereocenters. The van der Waals surface area contributed by atoms with Gasteiger partial charge < -0.3 is 14.5 Å². The zero-order valence-electron chi connectivity index (χ0n) is 21.6. The number of hydrogen-bond donors (Lipinski definition) is 0. The second-order valence-electron chi connectivity index (χ2n) is 9.28. The summed E-state index contributed by atoms with van der Waals surface area (Å²) < 4.78 is 5.32. The number of ether oxygens (including phenoxy) is 1. The monoisotopic (exact) mass is 466 g/mol. The van der Waals surface area contributed by atoms with Crippen molar-refractivity contribution in [3.05, 3.63) is 46.9 Å². The Morgan fingerprint density at radius 1 is 0.971 bits per heavy atom. The second-order valence-corrected chi connectivity index (χ2v) is 9.28. The average Bonchev–Trinajstić information content (AvgIpc) is 3.11. The van der Waals surface area contributed by atoms with Crippen LogP contribution in [-0.2, 0) is 17.6 Å². The summed E-state index contributed by atoms with van der Waals surface area (Å²) in [6.07, 6.45) is 9.22. The van der Waals surface area contributed by atoms with Gasteiger partial charge in [-0.15, -0.1) is 0 Å². The molecular weight excluding hydrogens is 424 g/mol. The Balaban J connectivity index is 1.71. The number of unbranched alkanes of at least 4 members (excludes halogenated alkanes) is 4. The van der Waals surface area contributed by atoms with Crippen molar-refractivity contribution < 1.29 is 9.53 Å². The first-order valence-corrected chi connectivity index (χ1v) is 13.1. The van der Waals surface area contributed by atoms with Crippen LogP contribution in [0.3, 0.4) is 0 Å². The van der Waals surface area contributed by atoms with Gasteiger partial charge >= 0.3 is 0 Å². The third-order valence-electron chi connectivity index (χ3n) is 6.70. The minimum absolute atomic E-state index is 0.310. The smallest absolute Gasteiger partial charge is 0.222 e. The highest BCUT2D eigenvalue weighted by Crippen LogP contribution is 2.27. The Kier molecular flexibility index (Phi) is 10.2. The number of amides is 1. The van der Waals surface area contributed by atoms with Crippen molar-refractivity contribution >= 4 is 11.7 Å². The van der Waals surface area contributed by atoms with E-state index >= 15 is 0 Å². The molecule has 1 aliphatic rings. The van der Waals surface area contributed by atoms with Crippen molar-refractivity contribution in [1.82, 2.24) is 14.9 Å². The zero-order chi connectivity index (χ0) is 24.3. The quantitative estimate of drug-likeness (QED) is 0.418. The molecule has 1 saturated heterocycles. The van der Waals surface area contributed by atoms with Crippen LogP contribution in [0.1, 0.15) is 81.4 Å². The number of anilines is 1. The van der Waals surface area contributed by atoms with E-state index in [9.17, 15) is 4.79 Å². The number of aryl methyl sites for hydroxylation is 2. The molecule has 0 bridgehead atoms. The highest BCUT2D eigenvalue weighted by Gasteiger charge is 2.23. The summed E-state index contributed by atoms with van der Waals surface area (Å²) in [5.41, 5.74) is 3.54. The van der Waals surface area contributed by atoms with Crippen LogP contribution in [0.5, 0.6) is 5.75 Å². The van der Waals surface area contributed by atoms with Crippen LogP contribution in [0, 0.1) is 6.92 Å². The Hall–Kier alpha value is -2.63. The normalized spacial score (nSPS) is 14.2. The molecule has 1 aliphatic heterocycles. The van der Waals surface area contributed by atoms with Gasteiger partial charge in [-0.25, -0.2) is 9.97 Å². The van der Waals surface area contributed by atoms with Gasteiger partial charge in [-0.05, 0) is 43.9 Å². The average molecular weight is 467 g/mol. The number of methoxy groups -OCH3 is 1. The molecule has 6 heteroatoms. The third-order valence-corrected chi connectivity index (χ3v) is 6.70. The van der Waals surface area contributed by atoms with Gasteiger partial charge in [0, 0.05) is 50.3 Å². The molecule has 0 spiro atoms. The molecule has 1 aromatic carbocycles. The molecule has 1 fully saturated rings. The fourth-order valence-electron chi connectivity index (χ4n) is 4.74. The van der Waals surface area contributed by atoms with Crippen molar-refractivity contribution in [3.8, 4) is 5.75 Å². The highest BCUT2D eigenvalue weighted by atomic mass is 16.5. The molecule has 0 radical (unpaired) electrons. The van der Waals surface area contributed by atoms with Crippen molar-refractivity contribution in [1.29, 1.82) is 0 Å². The number of benzene rings is 1. The molecule has 186 valence electrons. The molecule has 0 N–H and O–H groups in total. The lowest BCUT2D eigenvalue weighted by molar-refractivity contribution is -0.131. The van der Waals surface area contributed by atoms with Gasteiger partial charge in [-0.1, -0.05) is 51.7 Å². The van der Waals surface area contributed by atoms with Gasteiger partial charge in [0.1, 0.15) is 17.4 Å². The van der Waals surface area contributed by atoms with E-state index in [2.05, 4.69) is 35.8 Å². The molecular formula is C28H42N4O2. The SMILES string of the molecule is CCCCCCCC(=O)N1CCCN(c2nc(C)nc(CC)c2Cc2ccc(OC)cc2)CC1. The van der Waals surface area contributed by atoms with Gasteiger partial charge in [-0.2, -0.15) is 0 Å². The summed E-state index contributed by atoms with van der Waals surface area (Å²) in [6, 6.07) is 8.25. The Labute approximate surface area is 205 Å². The van der Waals surface area contributed by atoms with Gasteiger partial charge in [0.25, 0.3) is 0 Å². The van der Waals surface area contributed by atoms with E-state index in [1.807, 2.05) is 19.1 Å². The van der Waals surface area contributed by atoms with E-state index < -0.39 is 0 Å². The van der Waals surface area contributed by atoms with E-state index in [0.29, 0.717) is 12.3 Å². The Morgan fingerprint density at radius 3 is 2.44 bits per heavy atom. The van der Waals surface area contributed by atoms with Gasteiger partial charge in [0.15, 0.2) is 0 Å². The largest absolute Gasteiger partial charge is 0.497 e. The number of aromatic nitrogens is 2. The van der Waals surface area contributed by atoms with Crippen LogP contribution in [0.15, 0.2) is 24.3 Å². The van der Waals surface area contributed by atoms with Crippen molar-refractivity contribution in [2.45, 2.75) is 78.6 Å². The predicted octanol–water partition coefficient (Wildman–Crippen LogP) is 5.35. The number of rotatable bonds is 11. The molecule has 2 aromatic rings. The maximum Gasteiger partial charge on any atom is 0.222 e. The van der Waals surface area contributed by atoms with Crippen LogP contribution >= 0.6 is 0 Å². The van der Waals surface area contributed by atoms with Crippen LogP contribution in [0.25, 0.3) is 0 Å². The fraction of sp³-hybridized carbons (Fsp3) is 0.607. The summed E-state index contributed by atoms with van der Waals surface area (Å²) in [4.78, 5) is 26.9. The molecule has 1 aromatic heterocycles. The number of carbonyl (C=O) groups excluding carboxylic acids is 1. The van der Waals surface area contributed by atoms with E-state index in [0.717, 1.165) is 81.4 Å². The standard InChI is InChI=1S/C28H42N4O2/c1-5-7-8-9-10-12-27(33)31-17-11-18-32(20-19-31)28-25(26(6-2)29-22(3)30-28)21-23-13-15-24(34-4)16-14-23/h13-16H,5-12,17-21H2,1-4H3. The summed E-state index contributed by atoms with van der Waals surface area (Å²) in [5, 5.41) is 0. The first kappa shape index (κ1) is 26.0. The van der Waals surface area contributed by atoms with Gasteiger partial charge in [-0.3, -0.25) is 4.79 Å². The number of hydrogen-bond acceptors (Lipinski definition) is 5. The molecule has 0 saturated carbocycles. The van der Waals surface area contributed by atoms with Crippen LogP contribution < -0.4 is 9.64 Å². The Bertz CT molecular complexity index is 913. The zero-order valence-corrected chi connectivity index (χ0v) is 21.6. The first-order valence-electron chi connectivity index (χ1n) is 13.1. The lowest BCUT2D eigenvalue weighted by Gasteiger charge is -2.26. The minimum Gasteiger partial charge on any atom is -0.497 e. The maximum absolute atomic E-state index is 12.8. The number of carbonyl (C=O) groups is 1. The van der Waals surface area contributed by atoms with Gasteiger partial charge in [0.05, 0.1) is 7.11 Å². The second kappa shape index (κ2) is 13.3. The molecule has 34 heavy (non-hydrogen) atoms. The van der Waals surface area contributed by atoms with E-state index in [1.165, 1.54) is 30.4 Å². The van der Waals surface area contributed by atoms with Crippen LogP contribution in [0.2, 0.25) is 0 Å². The lowest BCUT2D eigenvalue weighted by atomic mass is 10.0. The molecule has 6 nitrogen and oxygen atoms in total. The highest BCUT2D eigenvalue weighted by molar-refractivity contribution is 5.76. The molecule has 0 unspecified atom stereocenters.